The van der Waals surface area contributed by atoms with Gasteiger partial charge in [-0.3, -0.25) is 9.38 Å². The number of aliphatic hydroxyl groups is 2. The first kappa shape index (κ1) is 24.1. The van der Waals surface area contributed by atoms with E-state index >= 15 is 0 Å². The Morgan fingerprint density at radius 3 is 2.57 bits per heavy atom. The van der Waals surface area contributed by atoms with Crippen molar-refractivity contribution in [2.75, 3.05) is 13.2 Å². The van der Waals surface area contributed by atoms with E-state index < -0.39 is 40.5 Å². The van der Waals surface area contributed by atoms with Gasteiger partial charge in [-0.1, -0.05) is 35.9 Å². The molecule has 0 heterocycles. The van der Waals surface area contributed by atoms with Crippen LogP contribution in [0.3, 0.4) is 0 Å². The van der Waals surface area contributed by atoms with Crippen LogP contribution >= 0.6 is 0 Å². The molecule has 1 radical (unpaired) electrons. The fraction of sp³-hybridized carbons (Fsp3) is 0.200. The first-order valence-electron chi connectivity index (χ1n) is 8.14. The molecule has 2 N–H and O–H groups in total. The second-order valence-corrected chi connectivity index (χ2v) is 5.40. The molecule has 0 aliphatic rings. The van der Waals surface area contributed by atoms with E-state index in [-0.39, 0.29) is 45.9 Å². The predicted molar refractivity (Wildman–Crippen MR) is 96.1 cm³/mol. The Hall–Kier alpha value is -1.96. The van der Waals surface area contributed by atoms with Crippen LogP contribution in [0, 0.1) is 17.7 Å². The SMILES string of the molecule is CCOC(=O)/C(C=NC(CO)c1ccccc1)=C(\O)c1c[c-]cc(F)c1F.[Y]. The molecule has 0 aliphatic heterocycles. The molecule has 1 atom stereocenters. The number of aliphatic imine (C=N–C) groups is 1. The molecule has 0 aliphatic carbocycles. The molecule has 1 unspecified atom stereocenters. The van der Waals surface area contributed by atoms with Crippen molar-refractivity contribution < 1.29 is 61.2 Å². The molecule has 8 heteroatoms. The Morgan fingerprint density at radius 1 is 1.29 bits per heavy atom. The van der Waals surface area contributed by atoms with Crippen LogP contribution in [-0.4, -0.2) is 35.6 Å². The summed E-state index contributed by atoms with van der Waals surface area (Å²) in [6, 6.07) is 12.1. The fourth-order valence-electron chi connectivity index (χ4n) is 2.27. The summed E-state index contributed by atoms with van der Waals surface area (Å²) in [5, 5.41) is 19.9. The Morgan fingerprint density at radius 2 is 1.96 bits per heavy atom. The van der Waals surface area contributed by atoms with E-state index in [1.165, 1.54) is 0 Å². The summed E-state index contributed by atoms with van der Waals surface area (Å²) in [6.07, 6.45) is 0.978. The van der Waals surface area contributed by atoms with Gasteiger partial charge in [0.1, 0.15) is 5.57 Å². The third-order valence-electron chi connectivity index (χ3n) is 3.63. The van der Waals surface area contributed by atoms with Crippen molar-refractivity contribution in [3.63, 3.8) is 0 Å². The van der Waals surface area contributed by atoms with Gasteiger partial charge in [-0.15, -0.1) is 6.07 Å². The molecule has 2 rings (SSSR count). The molecular weight excluding hydrogens is 445 g/mol. The van der Waals surface area contributed by atoms with Gasteiger partial charge in [0.2, 0.25) is 0 Å². The van der Waals surface area contributed by atoms with E-state index in [0.717, 1.165) is 18.3 Å². The largest absolute Gasteiger partial charge is 0.519 e. The van der Waals surface area contributed by atoms with Crippen LogP contribution in [0.5, 0.6) is 0 Å². The van der Waals surface area contributed by atoms with Gasteiger partial charge < -0.3 is 14.9 Å². The summed E-state index contributed by atoms with van der Waals surface area (Å²) in [6.45, 7) is 1.20. The Labute approximate surface area is 186 Å². The first-order valence-corrected chi connectivity index (χ1v) is 8.14. The predicted octanol–water partition coefficient (Wildman–Crippen LogP) is 3.40. The first-order chi connectivity index (χ1) is 13.0. The van der Waals surface area contributed by atoms with Gasteiger partial charge in [0.15, 0.2) is 0 Å². The van der Waals surface area contributed by atoms with Crippen LogP contribution in [-0.2, 0) is 42.2 Å². The molecule has 2 aromatic rings. The summed E-state index contributed by atoms with van der Waals surface area (Å²) in [5.74, 6) is -4.36. The quantitative estimate of drug-likeness (QED) is 0.217. The van der Waals surface area contributed by atoms with Gasteiger partial charge in [-0.2, -0.15) is 12.1 Å². The van der Waals surface area contributed by atoms with Crippen molar-refractivity contribution >= 4 is 17.9 Å². The van der Waals surface area contributed by atoms with Crippen LogP contribution in [0.4, 0.5) is 8.78 Å². The van der Waals surface area contributed by atoms with Crippen molar-refractivity contribution in [3.8, 4) is 0 Å². The summed E-state index contributed by atoms with van der Waals surface area (Å²) >= 11 is 0. The van der Waals surface area contributed by atoms with E-state index in [2.05, 4.69) is 11.1 Å². The zero-order chi connectivity index (χ0) is 19.8. The Kier molecular flexibility index (Phi) is 10.1. The molecule has 145 valence electrons. The van der Waals surface area contributed by atoms with Gasteiger partial charge in [0, 0.05) is 44.7 Å². The third-order valence-corrected chi connectivity index (χ3v) is 3.63. The van der Waals surface area contributed by atoms with Gasteiger partial charge in [0.25, 0.3) is 0 Å². The minimum absolute atomic E-state index is 0. The average Bonchev–Trinajstić information content (AvgIpc) is 2.68. The summed E-state index contributed by atoms with van der Waals surface area (Å²) in [5.41, 5.74) is -0.349. The second kappa shape index (κ2) is 11.8. The molecule has 0 saturated carbocycles. The molecule has 0 amide bonds. The number of rotatable bonds is 7. The van der Waals surface area contributed by atoms with Crippen molar-refractivity contribution in [2.24, 2.45) is 4.99 Å². The molecule has 0 fully saturated rings. The fourth-order valence-corrected chi connectivity index (χ4v) is 2.27. The van der Waals surface area contributed by atoms with Crippen molar-refractivity contribution in [2.45, 2.75) is 13.0 Å². The van der Waals surface area contributed by atoms with E-state index in [9.17, 15) is 23.8 Å². The number of ether oxygens (including phenoxy) is 1. The van der Waals surface area contributed by atoms with Crippen LogP contribution in [0.15, 0.2) is 53.0 Å². The minimum Gasteiger partial charge on any atom is -0.519 e. The Balaban J connectivity index is 0.00000392. The summed E-state index contributed by atoms with van der Waals surface area (Å²) in [7, 11) is 0. The molecule has 5 nitrogen and oxygen atoms in total. The van der Waals surface area contributed by atoms with Crippen molar-refractivity contribution in [3.05, 3.63) is 76.9 Å². The number of esters is 1. The third kappa shape index (κ3) is 6.02. The molecule has 0 bridgehead atoms. The van der Waals surface area contributed by atoms with Crippen molar-refractivity contribution in [1.82, 2.24) is 0 Å². The van der Waals surface area contributed by atoms with E-state index in [1.807, 2.05) is 0 Å². The molecule has 0 saturated heterocycles. The number of hydrogen-bond acceptors (Lipinski definition) is 5. The van der Waals surface area contributed by atoms with Crippen LogP contribution in [0.1, 0.15) is 24.1 Å². The molecular formula is C20H18F2NO4Y-. The maximum atomic E-state index is 14.0. The number of halogens is 2. The number of hydrogen-bond donors (Lipinski definition) is 2. The standard InChI is InChI=1S/C20H18F2NO4.Y/c1-2-27-20(26)15(19(25)14-9-6-10-16(21)18(14)22)11-23-17(12-24)13-7-4-3-5-8-13;/h3-5,7-11,17,24-25H,2,12H2,1H3;/q-1;/b19-15-,23-11?;. The molecule has 28 heavy (non-hydrogen) atoms. The summed E-state index contributed by atoms with van der Waals surface area (Å²) < 4.78 is 32.2. The zero-order valence-corrected chi connectivity index (χ0v) is 17.9. The topological polar surface area (TPSA) is 79.1 Å². The average molecular weight is 463 g/mol. The normalized spacial score (nSPS) is 12.9. The van der Waals surface area contributed by atoms with Gasteiger partial charge in [0.05, 0.1) is 30.8 Å². The number of benzene rings is 2. The van der Waals surface area contributed by atoms with Crippen LogP contribution in [0.25, 0.3) is 5.76 Å². The van der Waals surface area contributed by atoms with Gasteiger partial charge in [-0.25, -0.2) is 9.18 Å². The maximum absolute atomic E-state index is 14.0. The van der Waals surface area contributed by atoms with Gasteiger partial charge >= 0.3 is 5.97 Å². The van der Waals surface area contributed by atoms with Gasteiger partial charge in [-0.05, 0) is 12.5 Å². The van der Waals surface area contributed by atoms with E-state index in [0.29, 0.717) is 5.56 Å². The number of carbonyl (C=O) groups excluding carboxylic acids is 1. The van der Waals surface area contributed by atoms with Crippen molar-refractivity contribution in [1.29, 1.82) is 0 Å². The second-order valence-electron chi connectivity index (χ2n) is 5.40. The number of nitrogens with zero attached hydrogens (tertiary/aromatic N) is 1. The molecule has 2 aromatic carbocycles. The smallest absolute Gasteiger partial charge is 0.342 e. The number of aliphatic hydroxyl groups excluding tert-OH is 2. The zero-order valence-electron chi connectivity index (χ0n) is 15.1. The van der Waals surface area contributed by atoms with E-state index in [4.69, 9.17) is 4.74 Å². The molecule has 0 aromatic heterocycles. The maximum Gasteiger partial charge on any atom is 0.342 e. The minimum atomic E-state index is -1.33. The van der Waals surface area contributed by atoms with E-state index in [1.54, 1.807) is 37.3 Å². The monoisotopic (exact) mass is 463 g/mol. The number of carbonyl (C=O) groups is 1. The van der Waals surface area contributed by atoms with Crippen LogP contribution < -0.4 is 0 Å². The molecule has 0 spiro atoms. The van der Waals surface area contributed by atoms with Crippen LogP contribution in [0.2, 0.25) is 0 Å². The summed E-state index contributed by atoms with van der Waals surface area (Å²) in [4.78, 5) is 16.3. The Bertz CT molecular complexity index is 857.